The summed E-state index contributed by atoms with van der Waals surface area (Å²) in [7, 11) is 2.22. The first-order valence-corrected chi connectivity index (χ1v) is 9.20. The average Bonchev–Trinajstić information content (AvgIpc) is 2.63. The molecule has 0 spiro atoms. The normalized spacial score (nSPS) is 31.0. The summed E-state index contributed by atoms with van der Waals surface area (Å²) in [6.45, 7) is 9.01. The molecule has 1 aromatic carbocycles. The summed E-state index contributed by atoms with van der Waals surface area (Å²) < 4.78 is 0. The van der Waals surface area contributed by atoms with Crippen molar-refractivity contribution >= 4 is 0 Å². The van der Waals surface area contributed by atoms with Crippen LogP contribution in [-0.2, 0) is 5.60 Å². The standard InChI is InChI=1S/C16H23NO.2C2H6/c1-17-12-11-16(18,13-7-3-2-4-8-13)14-9-5-6-10-15(14)17;2*1-2/h2-4,7-8,14-15,18H,5-6,9-12H2,1H3;2*1-2H3. The van der Waals surface area contributed by atoms with Gasteiger partial charge < -0.3 is 10.0 Å². The van der Waals surface area contributed by atoms with Gasteiger partial charge in [-0.2, -0.15) is 0 Å². The second-order valence-electron chi connectivity index (χ2n) is 5.98. The summed E-state index contributed by atoms with van der Waals surface area (Å²) >= 11 is 0. The van der Waals surface area contributed by atoms with E-state index in [4.69, 9.17) is 0 Å². The molecular formula is C20H35NO. The number of aliphatic hydroxyl groups is 1. The molecule has 1 aliphatic carbocycles. The van der Waals surface area contributed by atoms with Crippen LogP contribution in [0.5, 0.6) is 0 Å². The van der Waals surface area contributed by atoms with Crippen molar-refractivity contribution < 1.29 is 5.11 Å². The lowest BCUT2D eigenvalue weighted by Crippen LogP contribution is -2.56. The Bertz CT molecular complexity index is 405. The summed E-state index contributed by atoms with van der Waals surface area (Å²) in [6, 6.07) is 10.9. The number of rotatable bonds is 1. The Kier molecular flexibility index (Phi) is 8.13. The minimum Gasteiger partial charge on any atom is -0.385 e. The van der Waals surface area contributed by atoms with Gasteiger partial charge in [-0.05, 0) is 31.9 Å². The molecule has 2 nitrogen and oxygen atoms in total. The van der Waals surface area contributed by atoms with E-state index in [1.54, 1.807) is 0 Å². The number of likely N-dealkylation sites (tertiary alicyclic amines) is 1. The first-order valence-electron chi connectivity index (χ1n) is 9.20. The number of benzene rings is 1. The Hall–Kier alpha value is -0.860. The molecule has 2 heteroatoms. The molecule has 1 saturated heterocycles. The van der Waals surface area contributed by atoms with Gasteiger partial charge in [-0.1, -0.05) is 70.9 Å². The summed E-state index contributed by atoms with van der Waals surface area (Å²) in [5, 5.41) is 11.2. The molecule has 0 aromatic heterocycles. The highest BCUT2D eigenvalue weighted by molar-refractivity contribution is 5.25. The highest BCUT2D eigenvalue weighted by atomic mass is 16.3. The van der Waals surface area contributed by atoms with Gasteiger partial charge in [-0.25, -0.2) is 0 Å². The van der Waals surface area contributed by atoms with Crippen LogP contribution in [-0.4, -0.2) is 29.6 Å². The van der Waals surface area contributed by atoms with Crippen molar-refractivity contribution in [1.29, 1.82) is 0 Å². The summed E-state index contributed by atoms with van der Waals surface area (Å²) in [5.41, 5.74) is 0.522. The van der Waals surface area contributed by atoms with Gasteiger partial charge in [0.05, 0.1) is 5.60 Å². The van der Waals surface area contributed by atoms with E-state index < -0.39 is 5.60 Å². The van der Waals surface area contributed by atoms with Crippen LogP contribution in [0.3, 0.4) is 0 Å². The largest absolute Gasteiger partial charge is 0.385 e. The highest BCUT2D eigenvalue weighted by Gasteiger charge is 2.47. The molecule has 2 aliphatic rings. The Morgan fingerprint density at radius 2 is 1.59 bits per heavy atom. The molecule has 1 saturated carbocycles. The Morgan fingerprint density at radius 1 is 1.00 bits per heavy atom. The third-order valence-electron chi connectivity index (χ3n) is 5.03. The first-order chi connectivity index (χ1) is 10.7. The maximum atomic E-state index is 11.2. The van der Waals surface area contributed by atoms with E-state index in [9.17, 15) is 5.11 Å². The van der Waals surface area contributed by atoms with Crippen LogP contribution in [0.25, 0.3) is 0 Å². The molecule has 126 valence electrons. The quantitative estimate of drug-likeness (QED) is 0.804. The van der Waals surface area contributed by atoms with E-state index in [1.807, 2.05) is 45.9 Å². The maximum absolute atomic E-state index is 11.2. The van der Waals surface area contributed by atoms with Crippen LogP contribution in [0.4, 0.5) is 0 Å². The van der Waals surface area contributed by atoms with Crippen molar-refractivity contribution in [3.8, 4) is 0 Å². The summed E-state index contributed by atoms with van der Waals surface area (Å²) in [6.07, 6.45) is 5.87. The van der Waals surface area contributed by atoms with E-state index in [0.717, 1.165) is 18.5 Å². The topological polar surface area (TPSA) is 23.5 Å². The van der Waals surface area contributed by atoms with Crippen molar-refractivity contribution in [2.45, 2.75) is 71.4 Å². The lowest BCUT2D eigenvalue weighted by atomic mass is 9.66. The predicted octanol–water partition coefficient (Wildman–Crippen LogP) is 4.82. The zero-order chi connectivity index (χ0) is 16.6. The molecule has 3 atom stereocenters. The van der Waals surface area contributed by atoms with Crippen LogP contribution in [0.15, 0.2) is 30.3 Å². The fraction of sp³-hybridized carbons (Fsp3) is 0.700. The van der Waals surface area contributed by atoms with Gasteiger partial charge in [-0.15, -0.1) is 0 Å². The van der Waals surface area contributed by atoms with Gasteiger partial charge in [0, 0.05) is 18.5 Å². The number of nitrogens with zero attached hydrogens (tertiary/aromatic N) is 1. The summed E-state index contributed by atoms with van der Waals surface area (Å²) in [5.74, 6) is 0.410. The fourth-order valence-electron chi connectivity index (χ4n) is 3.98. The van der Waals surface area contributed by atoms with E-state index >= 15 is 0 Å². The minimum absolute atomic E-state index is 0.410. The average molecular weight is 306 g/mol. The second kappa shape index (κ2) is 9.32. The van der Waals surface area contributed by atoms with Gasteiger partial charge >= 0.3 is 0 Å². The molecule has 1 N–H and O–H groups in total. The molecule has 22 heavy (non-hydrogen) atoms. The van der Waals surface area contributed by atoms with Crippen LogP contribution < -0.4 is 0 Å². The van der Waals surface area contributed by atoms with Crippen molar-refractivity contribution in [2.75, 3.05) is 13.6 Å². The van der Waals surface area contributed by atoms with Crippen LogP contribution in [0, 0.1) is 5.92 Å². The van der Waals surface area contributed by atoms with E-state index in [2.05, 4.69) is 24.1 Å². The molecule has 1 aromatic rings. The molecular weight excluding hydrogens is 270 g/mol. The molecule has 0 bridgehead atoms. The number of hydrogen-bond acceptors (Lipinski definition) is 2. The van der Waals surface area contributed by atoms with Crippen molar-refractivity contribution in [3.05, 3.63) is 35.9 Å². The molecule has 0 radical (unpaired) electrons. The second-order valence-corrected chi connectivity index (χ2v) is 5.98. The van der Waals surface area contributed by atoms with Crippen LogP contribution in [0.1, 0.15) is 65.4 Å². The molecule has 2 fully saturated rings. The van der Waals surface area contributed by atoms with Gasteiger partial charge in [0.1, 0.15) is 0 Å². The number of hydrogen-bond donors (Lipinski definition) is 1. The van der Waals surface area contributed by atoms with E-state index in [-0.39, 0.29) is 0 Å². The highest BCUT2D eigenvalue weighted by Crippen LogP contribution is 2.46. The zero-order valence-corrected chi connectivity index (χ0v) is 15.2. The maximum Gasteiger partial charge on any atom is 0.0951 e. The SMILES string of the molecule is CC.CC.CN1CCC(O)(c2ccccc2)C2CCCCC21. The van der Waals surface area contributed by atoms with Crippen molar-refractivity contribution in [2.24, 2.45) is 5.92 Å². The smallest absolute Gasteiger partial charge is 0.0951 e. The Balaban J connectivity index is 0.000000561. The van der Waals surface area contributed by atoms with E-state index in [0.29, 0.717) is 12.0 Å². The Morgan fingerprint density at radius 3 is 2.23 bits per heavy atom. The van der Waals surface area contributed by atoms with E-state index in [1.165, 1.54) is 25.7 Å². The van der Waals surface area contributed by atoms with Gasteiger partial charge in [0.15, 0.2) is 0 Å². The zero-order valence-electron chi connectivity index (χ0n) is 15.2. The summed E-state index contributed by atoms with van der Waals surface area (Å²) in [4.78, 5) is 2.46. The van der Waals surface area contributed by atoms with Crippen molar-refractivity contribution in [1.82, 2.24) is 4.90 Å². The van der Waals surface area contributed by atoms with Gasteiger partial charge in [0.25, 0.3) is 0 Å². The molecule has 3 rings (SSSR count). The molecule has 1 aliphatic heterocycles. The number of piperidine rings is 1. The van der Waals surface area contributed by atoms with Crippen molar-refractivity contribution in [3.63, 3.8) is 0 Å². The minimum atomic E-state index is -0.598. The third kappa shape index (κ3) is 3.91. The third-order valence-corrected chi connectivity index (χ3v) is 5.03. The lowest BCUT2D eigenvalue weighted by Gasteiger charge is -2.51. The van der Waals surface area contributed by atoms with Gasteiger partial charge in [0.2, 0.25) is 0 Å². The predicted molar refractivity (Wildman–Crippen MR) is 96.0 cm³/mol. The molecule has 3 unspecified atom stereocenters. The van der Waals surface area contributed by atoms with Gasteiger partial charge in [-0.3, -0.25) is 0 Å². The lowest BCUT2D eigenvalue weighted by molar-refractivity contribution is -0.114. The van der Waals surface area contributed by atoms with Crippen LogP contribution in [0.2, 0.25) is 0 Å². The monoisotopic (exact) mass is 305 g/mol. The Labute approximate surface area is 137 Å². The van der Waals surface area contributed by atoms with Crippen LogP contribution >= 0.6 is 0 Å². The first kappa shape index (κ1) is 19.2. The molecule has 0 amide bonds. The molecule has 1 heterocycles. The number of fused-ring (bicyclic) bond motifs is 1. The fourth-order valence-corrected chi connectivity index (χ4v) is 3.98.